The number of thiocarbonyl (C=S) groups is 1. The van der Waals surface area contributed by atoms with Gasteiger partial charge in [-0.1, -0.05) is 54.8 Å². The Labute approximate surface area is 152 Å². The third kappa shape index (κ3) is 4.13. The van der Waals surface area contributed by atoms with Gasteiger partial charge in [-0.05, 0) is 43.3 Å². The number of rotatable bonds is 4. The molecule has 1 aliphatic rings. The topological polar surface area (TPSA) is 41.1 Å². The molecule has 2 aromatic carbocycles. The zero-order valence-corrected chi connectivity index (χ0v) is 14.8. The molecule has 2 aromatic rings. The molecule has 0 radical (unpaired) electrons. The zero-order chi connectivity index (χ0) is 16.9. The lowest BCUT2D eigenvalue weighted by Gasteiger charge is -2.17. The van der Waals surface area contributed by atoms with Crippen LogP contribution < -0.4 is 10.6 Å². The first-order chi connectivity index (χ1) is 11.6. The van der Waals surface area contributed by atoms with Crippen molar-refractivity contribution >= 4 is 40.4 Å². The summed E-state index contributed by atoms with van der Waals surface area (Å²) in [6.07, 6.45) is 4.74. The monoisotopic (exact) mass is 358 g/mol. The van der Waals surface area contributed by atoms with E-state index in [2.05, 4.69) is 10.6 Å². The Bertz CT molecular complexity index is 742. The fourth-order valence-corrected chi connectivity index (χ4v) is 3.42. The summed E-state index contributed by atoms with van der Waals surface area (Å²) in [5.41, 5.74) is 1.81. The highest BCUT2D eigenvalue weighted by atomic mass is 35.5. The molecule has 0 atom stereocenters. The number of nitrogens with one attached hydrogen (secondary N) is 2. The summed E-state index contributed by atoms with van der Waals surface area (Å²) >= 11 is 11.5. The van der Waals surface area contributed by atoms with E-state index in [-0.39, 0.29) is 5.78 Å². The van der Waals surface area contributed by atoms with Crippen LogP contribution in [0.3, 0.4) is 0 Å². The smallest absolute Gasteiger partial charge is 0.195 e. The van der Waals surface area contributed by atoms with E-state index in [1.54, 1.807) is 30.3 Å². The summed E-state index contributed by atoms with van der Waals surface area (Å²) in [4.78, 5) is 12.8. The number of ketones is 1. The second-order valence-electron chi connectivity index (χ2n) is 5.96. The Morgan fingerprint density at radius 1 is 1.08 bits per heavy atom. The van der Waals surface area contributed by atoms with E-state index in [0.29, 0.717) is 33.0 Å². The van der Waals surface area contributed by atoms with Crippen molar-refractivity contribution in [3.8, 4) is 0 Å². The summed E-state index contributed by atoms with van der Waals surface area (Å²) in [6.45, 7) is 0. The van der Waals surface area contributed by atoms with E-state index in [4.69, 9.17) is 23.8 Å². The van der Waals surface area contributed by atoms with Gasteiger partial charge in [-0.25, -0.2) is 0 Å². The first-order valence-corrected chi connectivity index (χ1v) is 8.89. The minimum atomic E-state index is -0.0794. The summed E-state index contributed by atoms with van der Waals surface area (Å²) in [7, 11) is 0. The molecule has 0 bridgehead atoms. The number of halogens is 1. The van der Waals surface area contributed by atoms with Crippen LogP contribution in [0.4, 0.5) is 5.69 Å². The Morgan fingerprint density at radius 2 is 1.79 bits per heavy atom. The van der Waals surface area contributed by atoms with Crippen LogP contribution in [0.2, 0.25) is 5.02 Å². The maximum absolute atomic E-state index is 12.8. The first-order valence-electron chi connectivity index (χ1n) is 8.10. The van der Waals surface area contributed by atoms with Crippen LogP contribution in [-0.2, 0) is 0 Å². The lowest BCUT2D eigenvalue weighted by atomic mass is 10.0. The second-order valence-corrected chi connectivity index (χ2v) is 6.81. The van der Waals surface area contributed by atoms with Gasteiger partial charge in [0, 0.05) is 22.2 Å². The molecule has 1 saturated carbocycles. The average molecular weight is 359 g/mol. The number of hydrogen-bond acceptors (Lipinski definition) is 2. The Morgan fingerprint density at radius 3 is 2.50 bits per heavy atom. The maximum atomic E-state index is 12.8. The van der Waals surface area contributed by atoms with Crippen molar-refractivity contribution in [1.29, 1.82) is 0 Å². The number of carbonyl (C=O) groups is 1. The molecule has 0 spiro atoms. The molecule has 124 valence electrons. The lowest BCUT2D eigenvalue weighted by Crippen LogP contribution is -2.36. The third-order valence-electron chi connectivity index (χ3n) is 4.20. The van der Waals surface area contributed by atoms with Gasteiger partial charge in [-0.15, -0.1) is 0 Å². The molecule has 1 fully saturated rings. The molecule has 3 rings (SSSR count). The second kappa shape index (κ2) is 7.77. The van der Waals surface area contributed by atoms with Gasteiger partial charge in [0.05, 0.1) is 5.69 Å². The summed E-state index contributed by atoms with van der Waals surface area (Å²) in [5, 5.41) is 7.55. The minimum absolute atomic E-state index is 0.0794. The van der Waals surface area contributed by atoms with Gasteiger partial charge in [0.2, 0.25) is 0 Å². The van der Waals surface area contributed by atoms with E-state index in [1.807, 2.05) is 18.2 Å². The largest absolute Gasteiger partial charge is 0.360 e. The van der Waals surface area contributed by atoms with Crippen molar-refractivity contribution in [1.82, 2.24) is 5.32 Å². The summed E-state index contributed by atoms with van der Waals surface area (Å²) in [5.74, 6) is -0.0794. The van der Waals surface area contributed by atoms with Crippen molar-refractivity contribution in [3.05, 3.63) is 64.7 Å². The van der Waals surface area contributed by atoms with E-state index >= 15 is 0 Å². The molecule has 0 aromatic heterocycles. The molecule has 0 heterocycles. The molecule has 2 N–H and O–H groups in total. The van der Waals surface area contributed by atoms with Crippen LogP contribution in [0, 0.1) is 0 Å². The SMILES string of the molecule is O=C(c1ccccc1)c1cc(Cl)ccc1NC(=S)NC1CCCC1. The van der Waals surface area contributed by atoms with Crippen molar-refractivity contribution in [2.75, 3.05) is 5.32 Å². The van der Waals surface area contributed by atoms with Gasteiger partial charge in [0.1, 0.15) is 0 Å². The van der Waals surface area contributed by atoms with Crippen molar-refractivity contribution in [2.24, 2.45) is 0 Å². The van der Waals surface area contributed by atoms with Crippen LogP contribution in [0.5, 0.6) is 0 Å². The quantitative estimate of drug-likeness (QED) is 0.608. The van der Waals surface area contributed by atoms with Gasteiger partial charge >= 0.3 is 0 Å². The van der Waals surface area contributed by atoms with E-state index in [1.165, 1.54) is 12.8 Å². The van der Waals surface area contributed by atoms with Crippen LogP contribution in [0.15, 0.2) is 48.5 Å². The fourth-order valence-electron chi connectivity index (χ4n) is 2.97. The molecule has 1 aliphatic carbocycles. The van der Waals surface area contributed by atoms with Gasteiger partial charge in [0.25, 0.3) is 0 Å². The fraction of sp³-hybridized carbons (Fsp3) is 0.263. The molecule has 24 heavy (non-hydrogen) atoms. The van der Waals surface area contributed by atoms with Crippen LogP contribution in [-0.4, -0.2) is 16.9 Å². The maximum Gasteiger partial charge on any atom is 0.195 e. The molecule has 0 saturated heterocycles. The number of anilines is 1. The molecular formula is C19H19ClN2OS. The molecule has 3 nitrogen and oxygen atoms in total. The number of benzene rings is 2. The van der Waals surface area contributed by atoms with E-state index < -0.39 is 0 Å². The summed E-state index contributed by atoms with van der Waals surface area (Å²) in [6, 6.07) is 14.8. The van der Waals surface area contributed by atoms with Crippen molar-refractivity contribution in [3.63, 3.8) is 0 Å². The standard InChI is InChI=1S/C19H19ClN2OS/c20-14-10-11-17(22-19(24)21-15-8-4-5-9-15)16(12-14)18(23)13-6-2-1-3-7-13/h1-3,6-7,10-12,15H,4-5,8-9H2,(H2,21,22,24). The Kier molecular flexibility index (Phi) is 5.48. The van der Waals surface area contributed by atoms with E-state index in [0.717, 1.165) is 12.8 Å². The van der Waals surface area contributed by atoms with Crippen molar-refractivity contribution < 1.29 is 4.79 Å². The highest BCUT2D eigenvalue weighted by Crippen LogP contribution is 2.24. The minimum Gasteiger partial charge on any atom is -0.360 e. The number of carbonyl (C=O) groups excluding carboxylic acids is 1. The van der Waals surface area contributed by atoms with Crippen molar-refractivity contribution in [2.45, 2.75) is 31.7 Å². The number of hydrogen-bond donors (Lipinski definition) is 2. The van der Waals surface area contributed by atoms with Crippen LogP contribution in [0.25, 0.3) is 0 Å². The van der Waals surface area contributed by atoms with Crippen LogP contribution >= 0.6 is 23.8 Å². The van der Waals surface area contributed by atoms with Crippen LogP contribution in [0.1, 0.15) is 41.6 Å². The molecule has 0 amide bonds. The summed E-state index contributed by atoms with van der Waals surface area (Å²) < 4.78 is 0. The molecule has 0 unspecified atom stereocenters. The predicted molar refractivity (Wildman–Crippen MR) is 103 cm³/mol. The molecule has 0 aliphatic heterocycles. The Balaban J connectivity index is 1.80. The van der Waals surface area contributed by atoms with Gasteiger partial charge < -0.3 is 10.6 Å². The predicted octanol–water partition coefficient (Wildman–Crippen LogP) is 4.80. The highest BCUT2D eigenvalue weighted by molar-refractivity contribution is 7.80. The van der Waals surface area contributed by atoms with Gasteiger partial charge in [-0.3, -0.25) is 4.79 Å². The lowest BCUT2D eigenvalue weighted by molar-refractivity contribution is 0.103. The highest BCUT2D eigenvalue weighted by Gasteiger charge is 2.18. The first kappa shape index (κ1) is 16.9. The molecule has 5 heteroatoms. The van der Waals surface area contributed by atoms with Gasteiger partial charge in [0.15, 0.2) is 10.9 Å². The normalized spacial score (nSPS) is 14.4. The van der Waals surface area contributed by atoms with E-state index in [9.17, 15) is 4.79 Å². The third-order valence-corrected chi connectivity index (χ3v) is 4.66. The molecular weight excluding hydrogens is 340 g/mol. The zero-order valence-electron chi connectivity index (χ0n) is 13.2. The van der Waals surface area contributed by atoms with Gasteiger partial charge in [-0.2, -0.15) is 0 Å². The average Bonchev–Trinajstić information content (AvgIpc) is 3.09. The Hall–Kier alpha value is -1.91.